The Hall–Kier alpha value is -0.800. The molecule has 0 saturated carbocycles. The predicted molar refractivity (Wildman–Crippen MR) is 81.1 cm³/mol. The summed E-state index contributed by atoms with van der Waals surface area (Å²) in [6.45, 7) is 0. The van der Waals surface area contributed by atoms with Gasteiger partial charge in [0.2, 0.25) is 0 Å². The van der Waals surface area contributed by atoms with E-state index in [1.54, 1.807) is 17.8 Å². The van der Waals surface area contributed by atoms with Crippen molar-refractivity contribution in [2.75, 3.05) is 12.8 Å². The molecule has 104 valence electrons. The first-order chi connectivity index (χ1) is 9.31. The van der Waals surface area contributed by atoms with Crippen molar-refractivity contribution < 1.29 is 4.39 Å². The lowest BCUT2D eigenvalue weighted by atomic mass is 10.0. The highest BCUT2D eigenvalue weighted by molar-refractivity contribution is 7.99. The minimum atomic E-state index is -0.114. The molecule has 1 aromatic carbocycles. The van der Waals surface area contributed by atoms with Crippen LogP contribution in [0.2, 0.25) is 0 Å². The lowest BCUT2D eigenvalue weighted by Gasteiger charge is -2.19. The van der Waals surface area contributed by atoms with Crippen molar-refractivity contribution in [3.63, 3.8) is 0 Å². The monoisotopic (exact) mass is 279 g/mol. The molecular formula is C16H22FNS. The molecule has 0 spiro atoms. The van der Waals surface area contributed by atoms with Crippen LogP contribution in [-0.4, -0.2) is 18.8 Å². The smallest absolute Gasteiger partial charge is 0.136 e. The van der Waals surface area contributed by atoms with Crippen LogP contribution in [-0.2, 0) is 0 Å². The number of rotatable bonds is 5. The SMILES string of the molecule is CNC(CSc1ccccc1F)C1=CCCCCC1. The van der Waals surface area contributed by atoms with E-state index >= 15 is 0 Å². The highest BCUT2D eigenvalue weighted by atomic mass is 32.2. The summed E-state index contributed by atoms with van der Waals surface area (Å²) >= 11 is 1.60. The lowest BCUT2D eigenvalue weighted by Crippen LogP contribution is -2.30. The van der Waals surface area contributed by atoms with Crippen molar-refractivity contribution in [3.8, 4) is 0 Å². The molecule has 3 heteroatoms. The number of hydrogen-bond acceptors (Lipinski definition) is 2. The van der Waals surface area contributed by atoms with Gasteiger partial charge in [-0.3, -0.25) is 0 Å². The molecular weight excluding hydrogens is 257 g/mol. The summed E-state index contributed by atoms with van der Waals surface area (Å²) in [5.41, 5.74) is 1.50. The van der Waals surface area contributed by atoms with E-state index < -0.39 is 0 Å². The van der Waals surface area contributed by atoms with Crippen LogP contribution < -0.4 is 5.32 Å². The maximum absolute atomic E-state index is 13.6. The molecule has 1 aliphatic carbocycles. The predicted octanol–water partition coefficient (Wildman–Crippen LogP) is 4.40. The summed E-state index contributed by atoms with van der Waals surface area (Å²) in [5.74, 6) is 0.778. The van der Waals surface area contributed by atoms with E-state index in [1.807, 2.05) is 19.2 Å². The van der Waals surface area contributed by atoms with Gasteiger partial charge in [-0.15, -0.1) is 11.8 Å². The lowest BCUT2D eigenvalue weighted by molar-refractivity contribution is 0.601. The Balaban J connectivity index is 1.95. The molecule has 1 atom stereocenters. The first-order valence-corrected chi connectivity index (χ1v) is 8.03. The van der Waals surface area contributed by atoms with Gasteiger partial charge in [0.25, 0.3) is 0 Å². The number of thioether (sulfide) groups is 1. The summed E-state index contributed by atoms with van der Waals surface area (Å²) in [4.78, 5) is 0.747. The summed E-state index contributed by atoms with van der Waals surface area (Å²) in [7, 11) is 2.00. The van der Waals surface area contributed by atoms with Crippen LogP contribution in [0.1, 0.15) is 32.1 Å². The largest absolute Gasteiger partial charge is 0.313 e. The quantitative estimate of drug-likeness (QED) is 0.633. The Labute approximate surface area is 119 Å². The second kappa shape index (κ2) is 7.71. The highest BCUT2D eigenvalue weighted by Gasteiger charge is 2.14. The van der Waals surface area contributed by atoms with Gasteiger partial charge in [-0.1, -0.05) is 30.2 Å². The number of benzene rings is 1. The molecule has 0 aromatic heterocycles. The fourth-order valence-electron chi connectivity index (χ4n) is 2.47. The Morgan fingerprint density at radius 1 is 1.26 bits per heavy atom. The molecule has 0 bridgehead atoms. The third-order valence-corrected chi connectivity index (χ3v) is 4.76. The van der Waals surface area contributed by atoms with Gasteiger partial charge in [-0.05, 0) is 44.9 Å². The van der Waals surface area contributed by atoms with Crippen molar-refractivity contribution >= 4 is 11.8 Å². The topological polar surface area (TPSA) is 12.0 Å². The molecule has 1 N–H and O–H groups in total. The fraction of sp³-hybridized carbons (Fsp3) is 0.500. The molecule has 1 aromatic rings. The third kappa shape index (κ3) is 4.36. The molecule has 0 amide bonds. The van der Waals surface area contributed by atoms with Gasteiger partial charge in [0.1, 0.15) is 5.82 Å². The Morgan fingerprint density at radius 3 is 2.89 bits per heavy atom. The van der Waals surface area contributed by atoms with Gasteiger partial charge in [-0.25, -0.2) is 4.39 Å². The van der Waals surface area contributed by atoms with Crippen LogP contribution in [0.5, 0.6) is 0 Å². The second-order valence-corrected chi connectivity index (χ2v) is 6.02. The molecule has 0 aliphatic heterocycles. The van der Waals surface area contributed by atoms with E-state index in [4.69, 9.17) is 0 Å². The number of allylic oxidation sites excluding steroid dienone is 1. The second-order valence-electron chi connectivity index (χ2n) is 4.96. The Morgan fingerprint density at radius 2 is 2.11 bits per heavy atom. The molecule has 1 unspecified atom stereocenters. The molecule has 0 fully saturated rings. The average Bonchev–Trinajstić information content (AvgIpc) is 2.71. The van der Waals surface area contributed by atoms with Gasteiger partial charge in [0, 0.05) is 16.7 Å². The Kier molecular flexibility index (Phi) is 5.93. The summed E-state index contributed by atoms with van der Waals surface area (Å²) in [6.07, 6.45) is 8.68. The maximum Gasteiger partial charge on any atom is 0.136 e. The fourth-order valence-corrected chi connectivity index (χ4v) is 3.57. The first-order valence-electron chi connectivity index (χ1n) is 7.05. The normalized spacial score (nSPS) is 17.7. The van der Waals surface area contributed by atoms with Gasteiger partial charge < -0.3 is 5.32 Å². The summed E-state index contributed by atoms with van der Waals surface area (Å²) in [5, 5.41) is 3.38. The van der Waals surface area contributed by atoms with Crippen molar-refractivity contribution in [1.82, 2.24) is 5.32 Å². The van der Waals surface area contributed by atoms with Crippen molar-refractivity contribution in [2.45, 2.75) is 43.0 Å². The Bertz CT molecular complexity index is 431. The molecule has 0 radical (unpaired) electrons. The van der Waals surface area contributed by atoms with E-state index in [0.717, 1.165) is 10.6 Å². The van der Waals surface area contributed by atoms with E-state index in [1.165, 1.54) is 43.7 Å². The first kappa shape index (κ1) is 14.6. The minimum absolute atomic E-state index is 0.114. The number of halogens is 1. The van der Waals surface area contributed by atoms with Crippen LogP contribution in [0.25, 0.3) is 0 Å². The minimum Gasteiger partial charge on any atom is -0.313 e. The zero-order chi connectivity index (χ0) is 13.5. The van der Waals surface area contributed by atoms with Crippen LogP contribution in [0.3, 0.4) is 0 Å². The van der Waals surface area contributed by atoms with E-state index in [-0.39, 0.29) is 5.82 Å². The molecule has 2 rings (SSSR count). The number of likely N-dealkylation sites (N-methyl/N-ethyl adjacent to an activating group) is 1. The zero-order valence-electron chi connectivity index (χ0n) is 11.5. The average molecular weight is 279 g/mol. The van der Waals surface area contributed by atoms with E-state index in [9.17, 15) is 4.39 Å². The van der Waals surface area contributed by atoms with Gasteiger partial charge in [-0.2, -0.15) is 0 Å². The van der Waals surface area contributed by atoms with E-state index in [2.05, 4.69) is 11.4 Å². The molecule has 19 heavy (non-hydrogen) atoms. The standard InChI is InChI=1S/C16H22FNS/c1-18-15(13-8-4-2-3-5-9-13)12-19-16-11-7-6-10-14(16)17/h6-8,10-11,15,18H,2-5,9,12H2,1H3. The maximum atomic E-state index is 13.6. The van der Waals surface area contributed by atoms with Crippen molar-refractivity contribution in [3.05, 3.63) is 41.7 Å². The van der Waals surface area contributed by atoms with Gasteiger partial charge >= 0.3 is 0 Å². The van der Waals surface area contributed by atoms with Crippen molar-refractivity contribution in [1.29, 1.82) is 0 Å². The molecule has 1 nitrogen and oxygen atoms in total. The van der Waals surface area contributed by atoms with Crippen molar-refractivity contribution in [2.24, 2.45) is 0 Å². The summed E-state index contributed by atoms with van der Waals surface area (Å²) < 4.78 is 13.6. The van der Waals surface area contributed by atoms with Crippen LogP contribution in [0, 0.1) is 5.82 Å². The third-order valence-electron chi connectivity index (χ3n) is 3.61. The molecule has 1 aliphatic rings. The number of nitrogens with one attached hydrogen (secondary N) is 1. The molecule has 0 heterocycles. The van der Waals surface area contributed by atoms with Crippen LogP contribution in [0.4, 0.5) is 4.39 Å². The molecule has 0 saturated heterocycles. The number of hydrogen-bond donors (Lipinski definition) is 1. The van der Waals surface area contributed by atoms with Crippen LogP contribution >= 0.6 is 11.8 Å². The van der Waals surface area contributed by atoms with E-state index in [0.29, 0.717) is 6.04 Å². The van der Waals surface area contributed by atoms with Gasteiger partial charge in [0.05, 0.1) is 0 Å². The zero-order valence-corrected chi connectivity index (χ0v) is 12.3. The van der Waals surface area contributed by atoms with Gasteiger partial charge in [0.15, 0.2) is 0 Å². The summed E-state index contributed by atoms with van der Waals surface area (Å²) in [6, 6.07) is 7.38. The van der Waals surface area contributed by atoms with Crippen LogP contribution in [0.15, 0.2) is 40.8 Å². The highest BCUT2D eigenvalue weighted by Crippen LogP contribution is 2.26.